The van der Waals surface area contributed by atoms with Crippen molar-refractivity contribution in [3.8, 4) is 0 Å². The minimum Gasteiger partial charge on any atom is -0.383 e. The van der Waals surface area contributed by atoms with Crippen molar-refractivity contribution in [2.45, 2.75) is 45.7 Å². The van der Waals surface area contributed by atoms with Gasteiger partial charge >= 0.3 is 11.8 Å². The molecule has 3 amide bonds. The fourth-order valence-electron chi connectivity index (χ4n) is 4.49. The van der Waals surface area contributed by atoms with Gasteiger partial charge in [0.25, 0.3) is 0 Å². The molecular weight excluding hydrogens is 446 g/mol. The fraction of sp³-hybridized carbons (Fsp3) is 0.462. The number of pyridine rings is 1. The number of hydrogen-bond donors (Lipinski definition) is 2. The number of benzene rings is 1. The molecule has 0 radical (unpaired) electrons. The van der Waals surface area contributed by atoms with E-state index in [0.29, 0.717) is 31.3 Å². The van der Waals surface area contributed by atoms with Crippen LogP contribution in [0, 0.1) is 5.41 Å². The predicted molar refractivity (Wildman–Crippen MR) is 132 cm³/mol. The van der Waals surface area contributed by atoms with E-state index in [-0.39, 0.29) is 24.4 Å². The van der Waals surface area contributed by atoms with E-state index < -0.39 is 23.3 Å². The number of hydrogen-bond acceptors (Lipinski definition) is 6. The van der Waals surface area contributed by atoms with Gasteiger partial charge in [-0.1, -0.05) is 51.1 Å². The zero-order valence-electron chi connectivity index (χ0n) is 20.7. The molecule has 0 aliphatic carbocycles. The lowest BCUT2D eigenvalue weighted by molar-refractivity contribution is -0.154. The van der Waals surface area contributed by atoms with Gasteiger partial charge in [0.05, 0.1) is 31.1 Å². The number of aromatic nitrogens is 1. The summed E-state index contributed by atoms with van der Waals surface area (Å²) in [6, 6.07) is 10.6. The average Bonchev–Trinajstić information content (AvgIpc) is 2.79. The first-order valence-corrected chi connectivity index (χ1v) is 11.9. The van der Waals surface area contributed by atoms with Crippen LogP contribution in [0.5, 0.6) is 0 Å². The minimum absolute atomic E-state index is 0.0166. The number of amides is 3. The Morgan fingerprint density at radius 1 is 1.09 bits per heavy atom. The molecule has 1 aromatic heterocycles. The molecule has 2 atom stereocenters. The van der Waals surface area contributed by atoms with Crippen LogP contribution in [0.3, 0.4) is 0 Å². The van der Waals surface area contributed by atoms with E-state index in [2.05, 4.69) is 10.3 Å². The second-order valence-electron chi connectivity index (χ2n) is 10.3. The van der Waals surface area contributed by atoms with E-state index in [1.54, 1.807) is 11.0 Å². The second-order valence-corrected chi connectivity index (χ2v) is 10.3. The number of anilines is 2. The van der Waals surface area contributed by atoms with Gasteiger partial charge in [0.15, 0.2) is 0 Å². The lowest BCUT2D eigenvalue weighted by Crippen LogP contribution is -2.60. The van der Waals surface area contributed by atoms with Gasteiger partial charge in [-0.2, -0.15) is 0 Å². The smallest absolute Gasteiger partial charge is 0.313 e. The first-order valence-electron chi connectivity index (χ1n) is 11.9. The lowest BCUT2D eigenvalue weighted by Gasteiger charge is -2.46. The third-order valence-electron chi connectivity index (χ3n) is 6.57. The van der Waals surface area contributed by atoms with Gasteiger partial charge in [0, 0.05) is 36.0 Å². The zero-order chi connectivity index (χ0) is 25.3. The fourth-order valence-corrected chi connectivity index (χ4v) is 4.49. The average molecular weight is 480 g/mol. The van der Waals surface area contributed by atoms with Crippen molar-refractivity contribution in [1.82, 2.24) is 14.8 Å². The Morgan fingerprint density at radius 3 is 2.37 bits per heavy atom. The van der Waals surface area contributed by atoms with Crippen LogP contribution in [0.4, 0.5) is 11.5 Å². The molecule has 0 saturated carbocycles. The van der Waals surface area contributed by atoms with Crippen molar-refractivity contribution in [3.63, 3.8) is 0 Å². The molecule has 2 aliphatic heterocycles. The molecule has 3 heterocycles. The third kappa shape index (κ3) is 5.14. The number of nitrogens with one attached hydrogen (secondary N) is 1. The molecule has 2 saturated heterocycles. The topological polar surface area (TPSA) is 118 Å². The zero-order valence-corrected chi connectivity index (χ0v) is 20.7. The van der Waals surface area contributed by atoms with Crippen LogP contribution in [0.15, 0.2) is 42.6 Å². The highest BCUT2D eigenvalue weighted by Crippen LogP contribution is 2.32. The molecule has 2 aliphatic rings. The number of ether oxygens (including phenoxy) is 1. The summed E-state index contributed by atoms with van der Waals surface area (Å²) in [6.07, 6.45) is 1.45. The van der Waals surface area contributed by atoms with Crippen molar-refractivity contribution in [1.29, 1.82) is 0 Å². The Labute approximate surface area is 205 Å². The minimum atomic E-state index is -0.754. The number of nitrogen functional groups attached to an aromatic ring is 1. The second kappa shape index (κ2) is 9.65. The van der Waals surface area contributed by atoms with Crippen LogP contribution in [0.2, 0.25) is 0 Å². The quantitative estimate of drug-likeness (QED) is 0.654. The summed E-state index contributed by atoms with van der Waals surface area (Å²) in [4.78, 5) is 47.1. The summed E-state index contributed by atoms with van der Waals surface area (Å²) < 4.78 is 5.23. The molecule has 35 heavy (non-hydrogen) atoms. The van der Waals surface area contributed by atoms with E-state index in [9.17, 15) is 14.4 Å². The van der Waals surface area contributed by atoms with Crippen molar-refractivity contribution in [2.75, 3.05) is 37.4 Å². The number of piperazine rings is 1. The number of rotatable bonds is 3. The maximum atomic E-state index is 13.4. The van der Waals surface area contributed by atoms with Gasteiger partial charge in [0.1, 0.15) is 5.82 Å². The van der Waals surface area contributed by atoms with Crippen LogP contribution in [0.25, 0.3) is 0 Å². The van der Waals surface area contributed by atoms with Gasteiger partial charge in [-0.15, -0.1) is 0 Å². The largest absolute Gasteiger partial charge is 0.383 e. The number of carbonyl (C=O) groups is 3. The summed E-state index contributed by atoms with van der Waals surface area (Å²) in [5.41, 5.74) is 7.51. The normalized spacial score (nSPS) is 20.8. The highest BCUT2D eigenvalue weighted by atomic mass is 16.5. The lowest BCUT2D eigenvalue weighted by atomic mass is 9.91. The molecule has 0 spiro atoms. The Balaban J connectivity index is 1.56. The van der Waals surface area contributed by atoms with Crippen molar-refractivity contribution < 1.29 is 19.1 Å². The Kier molecular flexibility index (Phi) is 6.80. The first kappa shape index (κ1) is 24.7. The highest BCUT2D eigenvalue weighted by molar-refractivity contribution is 6.39. The Hall–Kier alpha value is -3.46. The summed E-state index contributed by atoms with van der Waals surface area (Å²) in [5, 5.41) is 2.69. The van der Waals surface area contributed by atoms with Crippen LogP contribution in [0.1, 0.15) is 50.8 Å². The SMILES string of the molecule is C[C@@H]1CN(C(=O)C(=O)Nc2cnc(N)c(C3COC3)c2)[C@@H](c2ccccc2)CN1C(=O)C(C)(C)C. The van der Waals surface area contributed by atoms with Crippen LogP contribution in [-0.4, -0.2) is 64.9 Å². The van der Waals surface area contributed by atoms with Crippen molar-refractivity contribution in [3.05, 3.63) is 53.7 Å². The van der Waals surface area contributed by atoms with E-state index in [4.69, 9.17) is 10.5 Å². The monoisotopic (exact) mass is 479 g/mol. The predicted octanol–water partition coefficient (Wildman–Crippen LogP) is 2.56. The van der Waals surface area contributed by atoms with E-state index in [1.807, 2.05) is 62.9 Å². The van der Waals surface area contributed by atoms with E-state index in [0.717, 1.165) is 11.1 Å². The summed E-state index contributed by atoms with van der Waals surface area (Å²) >= 11 is 0. The molecule has 1 aromatic carbocycles. The molecule has 3 N–H and O–H groups in total. The Morgan fingerprint density at radius 2 is 1.77 bits per heavy atom. The molecule has 2 aromatic rings. The van der Waals surface area contributed by atoms with Crippen molar-refractivity contribution in [2.24, 2.45) is 5.41 Å². The van der Waals surface area contributed by atoms with Gasteiger partial charge in [-0.3, -0.25) is 14.4 Å². The summed E-state index contributed by atoms with van der Waals surface area (Å²) in [6.45, 7) is 9.22. The molecular formula is C26H33N5O4. The number of carbonyl (C=O) groups excluding carboxylic acids is 3. The van der Waals surface area contributed by atoms with Gasteiger partial charge in [0.2, 0.25) is 5.91 Å². The van der Waals surface area contributed by atoms with Gasteiger partial charge < -0.3 is 25.6 Å². The van der Waals surface area contributed by atoms with Crippen molar-refractivity contribution >= 4 is 29.2 Å². The number of nitrogens with zero attached hydrogens (tertiary/aromatic N) is 3. The standard InChI is InChI=1S/C26H33N5O4/c1-16-12-31(21(17-8-6-5-7-9-17)13-30(16)25(34)26(2,3)4)24(33)23(32)29-19-10-20(18-14-35-15-18)22(27)28-11-19/h5-11,16,18,21H,12-15H2,1-4H3,(H2,27,28)(H,29,32)/t16-,21-/m1/s1. The molecule has 186 valence electrons. The molecule has 0 unspecified atom stereocenters. The van der Waals surface area contributed by atoms with Crippen LogP contribution in [-0.2, 0) is 19.1 Å². The molecule has 0 bridgehead atoms. The third-order valence-corrected chi connectivity index (χ3v) is 6.57. The maximum Gasteiger partial charge on any atom is 0.313 e. The summed E-state index contributed by atoms with van der Waals surface area (Å²) in [5.74, 6) is -0.870. The summed E-state index contributed by atoms with van der Waals surface area (Å²) in [7, 11) is 0. The number of nitrogens with two attached hydrogens (primary N) is 1. The van der Waals surface area contributed by atoms with Gasteiger partial charge in [-0.25, -0.2) is 4.98 Å². The maximum absolute atomic E-state index is 13.4. The van der Waals surface area contributed by atoms with E-state index in [1.165, 1.54) is 6.20 Å². The molecule has 2 fully saturated rings. The van der Waals surface area contributed by atoms with E-state index >= 15 is 0 Å². The molecule has 9 heteroatoms. The van der Waals surface area contributed by atoms with Crippen LogP contribution < -0.4 is 11.1 Å². The highest BCUT2D eigenvalue weighted by Gasteiger charge is 2.41. The first-order chi connectivity index (χ1) is 16.6. The molecule has 4 rings (SSSR count). The van der Waals surface area contributed by atoms with Gasteiger partial charge in [-0.05, 0) is 18.6 Å². The van der Waals surface area contributed by atoms with Crippen LogP contribution >= 0.6 is 0 Å². The molecule has 9 nitrogen and oxygen atoms in total. The Bertz CT molecular complexity index is 1110.